The Labute approximate surface area is 119 Å². The van der Waals surface area contributed by atoms with E-state index in [4.69, 9.17) is 4.74 Å². The van der Waals surface area contributed by atoms with Crippen LogP contribution in [-0.4, -0.2) is 20.7 Å². The molecule has 0 saturated heterocycles. The van der Waals surface area contributed by atoms with Crippen molar-refractivity contribution in [3.63, 3.8) is 0 Å². The van der Waals surface area contributed by atoms with Gasteiger partial charge < -0.3 is 10.1 Å². The van der Waals surface area contributed by atoms with Crippen LogP contribution in [0.4, 0.5) is 0 Å². The van der Waals surface area contributed by atoms with Crippen LogP contribution in [0.3, 0.4) is 0 Å². The quantitative estimate of drug-likeness (QED) is 0.810. The third-order valence-corrected chi connectivity index (χ3v) is 4.13. The van der Waals surface area contributed by atoms with Gasteiger partial charge in [0, 0.05) is 16.7 Å². The van der Waals surface area contributed by atoms with Crippen LogP contribution in [0.5, 0.6) is 5.75 Å². The fourth-order valence-electron chi connectivity index (χ4n) is 1.92. The molecule has 2 aromatic carbocycles. The second-order valence-corrected chi connectivity index (χ2v) is 5.53. The summed E-state index contributed by atoms with van der Waals surface area (Å²) >= 11 is 1.85. The van der Waals surface area contributed by atoms with Gasteiger partial charge in [-0.2, -0.15) is 0 Å². The van der Waals surface area contributed by atoms with Gasteiger partial charge in [-0.05, 0) is 30.8 Å². The third kappa shape index (κ3) is 4.01. The Bertz CT molecular complexity index is 501. The van der Waals surface area contributed by atoms with Gasteiger partial charge in [0.2, 0.25) is 0 Å². The molecular formula is C16H19NOS. The SMILES string of the molecule is CNCC(Sc1cccc(OC)c1)c1ccccc1. The van der Waals surface area contributed by atoms with Crippen LogP contribution >= 0.6 is 11.8 Å². The first-order valence-corrected chi connectivity index (χ1v) is 7.21. The molecule has 2 rings (SSSR count). The van der Waals surface area contributed by atoms with Gasteiger partial charge in [-0.15, -0.1) is 11.8 Å². The molecule has 0 spiro atoms. The molecule has 0 aliphatic rings. The van der Waals surface area contributed by atoms with Crippen LogP contribution in [0.25, 0.3) is 0 Å². The minimum Gasteiger partial charge on any atom is -0.497 e. The Kier molecular flexibility index (Phi) is 5.31. The average molecular weight is 273 g/mol. The molecule has 0 fully saturated rings. The van der Waals surface area contributed by atoms with E-state index < -0.39 is 0 Å². The smallest absolute Gasteiger partial charge is 0.119 e. The molecule has 0 aliphatic carbocycles. The van der Waals surface area contributed by atoms with Gasteiger partial charge in [-0.3, -0.25) is 0 Å². The number of benzene rings is 2. The maximum atomic E-state index is 5.27. The lowest BCUT2D eigenvalue weighted by atomic mass is 10.1. The van der Waals surface area contributed by atoms with Crippen molar-refractivity contribution in [2.45, 2.75) is 10.1 Å². The summed E-state index contributed by atoms with van der Waals surface area (Å²) in [4.78, 5) is 1.23. The number of hydrogen-bond acceptors (Lipinski definition) is 3. The van der Waals surface area contributed by atoms with Crippen molar-refractivity contribution < 1.29 is 4.74 Å². The first-order chi connectivity index (χ1) is 9.33. The minimum absolute atomic E-state index is 0.401. The lowest BCUT2D eigenvalue weighted by Gasteiger charge is -2.17. The fraction of sp³-hybridized carbons (Fsp3) is 0.250. The standard InChI is InChI=1S/C16H19NOS/c1-17-12-16(13-7-4-3-5-8-13)19-15-10-6-9-14(11-15)18-2/h3-11,16-17H,12H2,1-2H3. The Morgan fingerprint density at radius 3 is 2.58 bits per heavy atom. The lowest BCUT2D eigenvalue weighted by Crippen LogP contribution is -2.14. The molecule has 0 aliphatic heterocycles. The minimum atomic E-state index is 0.401. The Balaban J connectivity index is 2.16. The predicted molar refractivity (Wildman–Crippen MR) is 82.0 cm³/mol. The van der Waals surface area contributed by atoms with Crippen molar-refractivity contribution >= 4 is 11.8 Å². The molecule has 3 heteroatoms. The van der Waals surface area contributed by atoms with Gasteiger partial charge in [0.15, 0.2) is 0 Å². The Morgan fingerprint density at radius 1 is 1.11 bits per heavy atom. The van der Waals surface area contributed by atoms with E-state index in [0.717, 1.165) is 12.3 Å². The average Bonchev–Trinajstić information content (AvgIpc) is 2.48. The fourth-order valence-corrected chi connectivity index (χ4v) is 3.13. The van der Waals surface area contributed by atoms with E-state index in [0.29, 0.717) is 5.25 Å². The van der Waals surface area contributed by atoms with Gasteiger partial charge in [0.1, 0.15) is 5.75 Å². The number of methoxy groups -OCH3 is 1. The van der Waals surface area contributed by atoms with E-state index in [1.807, 2.05) is 30.9 Å². The molecule has 1 atom stereocenters. The van der Waals surface area contributed by atoms with Gasteiger partial charge in [0.05, 0.1) is 7.11 Å². The zero-order valence-corrected chi connectivity index (χ0v) is 12.1. The topological polar surface area (TPSA) is 21.3 Å². The second-order valence-electron chi connectivity index (χ2n) is 4.25. The number of ether oxygens (including phenoxy) is 1. The lowest BCUT2D eigenvalue weighted by molar-refractivity contribution is 0.413. The number of likely N-dealkylation sites (N-methyl/N-ethyl adjacent to an activating group) is 1. The van der Waals surface area contributed by atoms with E-state index >= 15 is 0 Å². The van der Waals surface area contributed by atoms with E-state index in [1.54, 1.807) is 7.11 Å². The summed E-state index contributed by atoms with van der Waals surface area (Å²) in [6.07, 6.45) is 0. The van der Waals surface area contributed by atoms with Crippen LogP contribution in [0, 0.1) is 0 Å². The molecule has 0 amide bonds. The first kappa shape index (κ1) is 14.0. The van der Waals surface area contributed by atoms with E-state index in [2.05, 4.69) is 47.8 Å². The molecule has 1 N–H and O–H groups in total. The number of rotatable bonds is 6. The van der Waals surface area contributed by atoms with Gasteiger partial charge in [-0.1, -0.05) is 36.4 Å². The molecule has 0 saturated carbocycles. The number of thioether (sulfide) groups is 1. The second kappa shape index (κ2) is 7.22. The van der Waals surface area contributed by atoms with Crippen LogP contribution in [0.15, 0.2) is 59.5 Å². The third-order valence-electron chi connectivity index (χ3n) is 2.88. The zero-order chi connectivity index (χ0) is 13.5. The summed E-state index contributed by atoms with van der Waals surface area (Å²) in [5.41, 5.74) is 1.34. The summed E-state index contributed by atoms with van der Waals surface area (Å²) in [5.74, 6) is 0.904. The van der Waals surface area contributed by atoms with Crippen LogP contribution in [-0.2, 0) is 0 Å². The molecule has 2 aromatic rings. The molecular weight excluding hydrogens is 254 g/mol. The van der Waals surface area contributed by atoms with Crippen molar-refractivity contribution in [3.05, 3.63) is 60.2 Å². The highest BCUT2D eigenvalue weighted by atomic mass is 32.2. The molecule has 19 heavy (non-hydrogen) atoms. The zero-order valence-electron chi connectivity index (χ0n) is 11.3. The monoisotopic (exact) mass is 273 g/mol. The largest absolute Gasteiger partial charge is 0.497 e. The highest BCUT2D eigenvalue weighted by Gasteiger charge is 2.12. The summed E-state index contributed by atoms with van der Waals surface area (Å²) in [6, 6.07) is 18.8. The first-order valence-electron chi connectivity index (χ1n) is 6.33. The maximum absolute atomic E-state index is 5.27. The van der Waals surface area contributed by atoms with Crippen LogP contribution in [0.1, 0.15) is 10.8 Å². The van der Waals surface area contributed by atoms with Crippen LogP contribution < -0.4 is 10.1 Å². The molecule has 0 heterocycles. The number of hydrogen-bond donors (Lipinski definition) is 1. The van der Waals surface area contributed by atoms with Crippen molar-refractivity contribution in [1.29, 1.82) is 0 Å². The van der Waals surface area contributed by atoms with E-state index in [1.165, 1.54) is 10.5 Å². The normalized spacial score (nSPS) is 12.1. The molecule has 0 radical (unpaired) electrons. The highest BCUT2D eigenvalue weighted by molar-refractivity contribution is 7.99. The predicted octanol–water partition coefficient (Wildman–Crippen LogP) is 3.75. The highest BCUT2D eigenvalue weighted by Crippen LogP contribution is 2.35. The summed E-state index contributed by atoms with van der Waals surface area (Å²) < 4.78 is 5.27. The summed E-state index contributed by atoms with van der Waals surface area (Å²) in [5, 5.41) is 3.66. The molecule has 2 nitrogen and oxygen atoms in total. The van der Waals surface area contributed by atoms with E-state index in [9.17, 15) is 0 Å². The van der Waals surface area contributed by atoms with Crippen LogP contribution in [0.2, 0.25) is 0 Å². The molecule has 1 unspecified atom stereocenters. The summed E-state index contributed by atoms with van der Waals surface area (Å²) in [6.45, 7) is 0.936. The van der Waals surface area contributed by atoms with Gasteiger partial charge in [0.25, 0.3) is 0 Å². The molecule has 100 valence electrons. The molecule has 0 aromatic heterocycles. The van der Waals surface area contributed by atoms with Crippen molar-refractivity contribution in [3.8, 4) is 5.75 Å². The molecule has 0 bridgehead atoms. The van der Waals surface area contributed by atoms with E-state index in [-0.39, 0.29) is 0 Å². The summed E-state index contributed by atoms with van der Waals surface area (Å²) in [7, 11) is 3.69. The van der Waals surface area contributed by atoms with Gasteiger partial charge in [-0.25, -0.2) is 0 Å². The maximum Gasteiger partial charge on any atom is 0.119 e. The van der Waals surface area contributed by atoms with Gasteiger partial charge >= 0.3 is 0 Å². The van der Waals surface area contributed by atoms with Crippen molar-refractivity contribution in [1.82, 2.24) is 5.32 Å². The van der Waals surface area contributed by atoms with Crippen molar-refractivity contribution in [2.75, 3.05) is 20.7 Å². The van der Waals surface area contributed by atoms with Crippen molar-refractivity contribution in [2.24, 2.45) is 0 Å². The Morgan fingerprint density at radius 2 is 1.89 bits per heavy atom. The Hall–Kier alpha value is -1.45. The number of nitrogens with one attached hydrogen (secondary N) is 1.